The van der Waals surface area contributed by atoms with Crippen LogP contribution in [0.3, 0.4) is 0 Å². The molecule has 2 heterocycles. The number of nitrogens with zero attached hydrogens (tertiary/aromatic N) is 4. The number of hydrogen-bond acceptors (Lipinski definition) is 4. The van der Waals surface area contributed by atoms with E-state index in [0.717, 1.165) is 69.5 Å². The minimum Gasteiger partial charge on any atom is -1.00 e. The van der Waals surface area contributed by atoms with E-state index < -0.39 is 0 Å². The van der Waals surface area contributed by atoms with E-state index in [-0.39, 0.29) is 57.6 Å². The third kappa shape index (κ3) is 9.86. The molecule has 0 spiro atoms. The Morgan fingerprint density at radius 2 is 0.648 bits per heavy atom. The zero-order valence-corrected chi connectivity index (χ0v) is 35.6. The summed E-state index contributed by atoms with van der Waals surface area (Å²) < 4.78 is 1.79. The van der Waals surface area contributed by atoms with E-state index in [4.69, 9.17) is 0 Å². The van der Waals surface area contributed by atoms with Crippen molar-refractivity contribution in [3.05, 3.63) is 95.1 Å². The van der Waals surface area contributed by atoms with Crippen LogP contribution in [0.15, 0.2) is 72.8 Å². The molecular weight excluding hydrogens is 808 g/mol. The molecule has 0 saturated carbocycles. The molecule has 0 N–H and O–H groups in total. The van der Waals surface area contributed by atoms with Crippen LogP contribution in [0, 0.1) is 0 Å². The van der Waals surface area contributed by atoms with Gasteiger partial charge in [-0.2, -0.15) is 0 Å². The summed E-state index contributed by atoms with van der Waals surface area (Å²) in [5.41, 5.74) is 2.53. The highest BCUT2D eigenvalue weighted by Gasteiger charge is 2.34. The van der Waals surface area contributed by atoms with Crippen LogP contribution < -0.4 is 34.0 Å². The zero-order valence-electron chi connectivity index (χ0n) is 32.4. The number of imide groups is 2. The van der Waals surface area contributed by atoms with Crippen LogP contribution >= 0.6 is 0 Å². The average molecular weight is 865 g/mol. The molecule has 0 aliphatic carbocycles. The summed E-state index contributed by atoms with van der Waals surface area (Å²) in [7, 11) is 9.01. The highest BCUT2D eigenvalue weighted by molar-refractivity contribution is 6.26. The van der Waals surface area contributed by atoms with Crippen molar-refractivity contribution in [2.75, 3.05) is 67.5 Å². The summed E-state index contributed by atoms with van der Waals surface area (Å²) in [5, 5.41) is 3.46. The Balaban J connectivity index is 0.00000325. The molecule has 2 aliphatic rings. The molecule has 0 unspecified atom stereocenters. The van der Waals surface area contributed by atoms with Gasteiger partial charge in [0.1, 0.15) is 0 Å². The van der Waals surface area contributed by atoms with Crippen LogP contribution in [0.4, 0.5) is 0 Å². The van der Waals surface area contributed by atoms with E-state index in [0.29, 0.717) is 35.3 Å². The predicted molar refractivity (Wildman–Crippen MR) is 208 cm³/mol. The summed E-state index contributed by atoms with van der Waals surface area (Å²) >= 11 is 0. The summed E-state index contributed by atoms with van der Waals surface area (Å²) in [5.74, 6) is -0.690. The summed E-state index contributed by atoms with van der Waals surface area (Å²) in [6.45, 7) is 4.96. The van der Waals surface area contributed by atoms with Gasteiger partial charge in [0.15, 0.2) is 0 Å². The number of benzene rings is 4. The smallest absolute Gasteiger partial charge is 0.261 e. The van der Waals surface area contributed by atoms with Crippen molar-refractivity contribution in [3.8, 4) is 0 Å². The molecule has 0 fully saturated rings. The normalized spacial score (nSPS) is 14.1. The van der Waals surface area contributed by atoms with Crippen LogP contribution in [0.2, 0.25) is 0 Å². The van der Waals surface area contributed by atoms with Crippen molar-refractivity contribution in [1.82, 2.24) is 9.80 Å². The van der Waals surface area contributed by atoms with Crippen LogP contribution in [0.5, 0.6) is 0 Å². The average Bonchev–Trinajstić information content (AvgIpc) is 3.13. The van der Waals surface area contributed by atoms with Gasteiger partial charge < -0.3 is 42.9 Å². The largest absolute Gasteiger partial charge is 1.00 e. The van der Waals surface area contributed by atoms with E-state index in [1.165, 1.54) is 61.2 Å². The lowest BCUT2D eigenvalue weighted by molar-refractivity contribution is -0.890. The van der Waals surface area contributed by atoms with E-state index in [2.05, 4.69) is 28.2 Å². The highest BCUT2D eigenvalue weighted by Crippen LogP contribution is 2.31. The molecule has 0 radical (unpaired) electrons. The first-order chi connectivity index (χ1) is 25.0. The zero-order chi connectivity index (χ0) is 36.9. The first-order valence-corrected chi connectivity index (χ1v) is 19.4. The first kappa shape index (κ1) is 43.3. The van der Waals surface area contributed by atoms with Crippen LogP contribution in [0.25, 0.3) is 21.5 Å². The molecule has 0 bridgehead atoms. The molecule has 4 amide bonds. The van der Waals surface area contributed by atoms with E-state index in [1.807, 2.05) is 72.8 Å². The third-order valence-electron chi connectivity index (χ3n) is 11.3. The van der Waals surface area contributed by atoms with Crippen molar-refractivity contribution in [2.24, 2.45) is 0 Å². The van der Waals surface area contributed by atoms with Gasteiger partial charge in [-0.15, -0.1) is 0 Å². The number of halogens is 2. The van der Waals surface area contributed by atoms with Crippen LogP contribution in [0.1, 0.15) is 106 Å². The number of hydrogen-bond donors (Lipinski definition) is 0. The lowest BCUT2D eigenvalue weighted by Gasteiger charge is -2.32. The van der Waals surface area contributed by atoms with Crippen molar-refractivity contribution in [1.29, 1.82) is 0 Å². The van der Waals surface area contributed by atoms with Gasteiger partial charge in [0.05, 0.1) is 54.4 Å². The Kier molecular flexibility index (Phi) is 15.2. The molecule has 0 atom stereocenters. The number of rotatable bonds is 19. The van der Waals surface area contributed by atoms with Crippen molar-refractivity contribution < 1.29 is 62.1 Å². The van der Waals surface area contributed by atoms with Gasteiger partial charge in [-0.3, -0.25) is 29.0 Å². The standard InChI is InChI=1S/C44H56N4O4.2BrH/c1-47(2,31-17-27-45-41(49)35-23-13-19-33-20-14-24-36(39(33)35)42(45)50)29-11-9-7-5-6-8-10-12-30-48(3,4)32-18-28-46-43(51)37-25-15-21-34-22-16-26-38(40(34)37)44(46)52;;/h13-16,19-26H,5-12,17-18,27-32H2,1-4H3;2*1H/q+2;;/p-2. The molecule has 4 aromatic rings. The molecule has 4 aromatic carbocycles. The van der Waals surface area contributed by atoms with Gasteiger partial charge in [0.2, 0.25) is 0 Å². The fourth-order valence-corrected chi connectivity index (χ4v) is 8.24. The second kappa shape index (κ2) is 18.9. The van der Waals surface area contributed by atoms with Crippen molar-refractivity contribution in [3.63, 3.8) is 0 Å². The predicted octanol–water partition coefficient (Wildman–Crippen LogP) is 1.95. The molecule has 2 aliphatic heterocycles. The topological polar surface area (TPSA) is 74.8 Å². The number of unbranched alkanes of at least 4 members (excludes halogenated alkanes) is 7. The van der Waals surface area contributed by atoms with E-state index in [1.54, 1.807) is 0 Å². The van der Waals surface area contributed by atoms with Crippen molar-refractivity contribution in [2.45, 2.75) is 64.2 Å². The van der Waals surface area contributed by atoms with Crippen molar-refractivity contribution >= 4 is 45.2 Å². The Labute approximate surface area is 342 Å². The lowest BCUT2D eigenvalue weighted by atomic mass is 9.94. The quantitative estimate of drug-likeness (QED) is 0.0822. The van der Waals surface area contributed by atoms with Gasteiger partial charge in [-0.25, -0.2) is 0 Å². The maximum Gasteiger partial charge on any atom is 0.261 e. The molecular formula is C44H56Br2N4O4. The SMILES string of the molecule is C[N+](C)(CCCCCCCCCC[N+](C)(C)CCCN1C(=O)c2cccc3cccc(c23)C1=O)CCCN1C(=O)c2cccc3cccc(c23)C1=O.[Br-].[Br-]. The van der Waals surface area contributed by atoms with E-state index in [9.17, 15) is 19.2 Å². The maximum atomic E-state index is 13.2. The Morgan fingerprint density at radius 3 is 0.944 bits per heavy atom. The number of carbonyl (C=O) groups is 4. The second-order valence-electron chi connectivity index (χ2n) is 16.2. The van der Waals surface area contributed by atoms with Crippen LogP contribution in [-0.4, -0.2) is 110 Å². The maximum absolute atomic E-state index is 13.2. The van der Waals surface area contributed by atoms with Gasteiger partial charge >= 0.3 is 0 Å². The molecule has 0 aromatic heterocycles. The molecule has 10 heteroatoms. The number of carbonyl (C=O) groups excluding carboxylic acids is 4. The van der Waals surface area contributed by atoms with Gasteiger partial charge in [-0.1, -0.05) is 74.2 Å². The van der Waals surface area contributed by atoms with Crippen LogP contribution in [-0.2, 0) is 0 Å². The Bertz CT molecular complexity index is 1730. The Hall–Kier alpha value is -3.44. The van der Waals surface area contributed by atoms with Gasteiger partial charge in [-0.05, 0) is 60.7 Å². The minimum atomic E-state index is -0.173. The molecule has 54 heavy (non-hydrogen) atoms. The fourth-order valence-electron chi connectivity index (χ4n) is 8.24. The van der Waals surface area contributed by atoms with E-state index >= 15 is 0 Å². The highest BCUT2D eigenvalue weighted by atomic mass is 79.9. The van der Waals surface area contributed by atoms with Gasteiger partial charge in [0.25, 0.3) is 23.6 Å². The molecule has 6 rings (SSSR count). The number of quaternary nitrogens is 2. The third-order valence-corrected chi connectivity index (χ3v) is 11.3. The second-order valence-corrected chi connectivity index (χ2v) is 16.2. The first-order valence-electron chi connectivity index (χ1n) is 19.4. The number of amides is 4. The van der Waals surface area contributed by atoms with Gasteiger partial charge in [0, 0.05) is 59.0 Å². The minimum absolute atomic E-state index is 0. The molecule has 8 nitrogen and oxygen atoms in total. The lowest BCUT2D eigenvalue weighted by Crippen LogP contribution is -3.00. The Morgan fingerprint density at radius 1 is 0.389 bits per heavy atom. The molecule has 0 saturated heterocycles. The monoisotopic (exact) mass is 862 g/mol. The summed E-state index contributed by atoms with van der Waals surface area (Å²) in [4.78, 5) is 55.7. The summed E-state index contributed by atoms with van der Waals surface area (Å²) in [6.07, 6.45) is 11.5. The summed E-state index contributed by atoms with van der Waals surface area (Å²) in [6, 6.07) is 22.7. The fraction of sp³-hybridized carbons (Fsp3) is 0.455. The molecule has 290 valence electrons.